The van der Waals surface area contributed by atoms with Gasteiger partial charge in [-0.05, 0) is 37.3 Å². The quantitative estimate of drug-likeness (QED) is 0.761. The predicted octanol–water partition coefficient (Wildman–Crippen LogP) is 2.54. The van der Waals surface area contributed by atoms with Crippen molar-refractivity contribution in [1.82, 2.24) is 4.98 Å². The molecule has 1 aromatic heterocycles. The molecule has 0 saturated carbocycles. The van der Waals surface area contributed by atoms with E-state index in [1.54, 1.807) is 11.0 Å². The van der Waals surface area contributed by atoms with Gasteiger partial charge in [-0.2, -0.15) is 0 Å². The number of hydrogen-bond donors (Lipinski definition) is 1. The van der Waals surface area contributed by atoms with Crippen molar-refractivity contribution in [2.45, 2.75) is 6.92 Å². The average Bonchev–Trinajstić information content (AvgIpc) is 2.97. The molecule has 1 heterocycles. The van der Waals surface area contributed by atoms with Crippen molar-refractivity contribution < 1.29 is 14.1 Å². The van der Waals surface area contributed by atoms with Gasteiger partial charge in [-0.15, -0.1) is 0 Å². The van der Waals surface area contributed by atoms with Gasteiger partial charge < -0.3 is 4.90 Å². The third-order valence-corrected chi connectivity index (χ3v) is 4.96. The first-order chi connectivity index (χ1) is 11.9. The summed E-state index contributed by atoms with van der Waals surface area (Å²) in [6.07, 6.45) is 0. The molecule has 0 aliphatic heterocycles. The molecule has 1 amide bonds. The number of rotatable bonds is 5. The zero-order valence-corrected chi connectivity index (χ0v) is 15.4. The molecule has 0 aliphatic rings. The molecule has 130 valence electrons. The fourth-order valence-electron chi connectivity index (χ4n) is 2.56. The van der Waals surface area contributed by atoms with Crippen LogP contribution in [0.5, 0.6) is 0 Å². The van der Waals surface area contributed by atoms with Gasteiger partial charge in [-0.3, -0.25) is 9.69 Å². The number of fused-ring (bicyclic) bond motifs is 1. The number of nitrogens with zero attached hydrogens (tertiary/aromatic N) is 2. The standard InChI is InChI=1S/C19H20FN3OS/c1-13-5-4-6-14(11-13)18(24)23(10-9-22(2)3)19-21-16-8-7-15(20)12-17(16)25-19/h4-8,11-12H,9-10H2,1-3H3/p+1. The molecule has 2 aromatic carbocycles. The number of nitrogens with one attached hydrogen (secondary N) is 1. The summed E-state index contributed by atoms with van der Waals surface area (Å²) in [5.74, 6) is -0.374. The smallest absolute Gasteiger partial charge is 0.260 e. The SMILES string of the molecule is Cc1cccc(C(=O)N(CC[NH+](C)C)c2nc3ccc(F)cc3s2)c1. The maximum absolute atomic E-state index is 13.5. The van der Waals surface area contributed by atoms with Crippen molar-refractivity contribution in [2.24, 2.45) is 0 Å². The first kappa shape index (κ1) is 17.5. The number of amides is 1. The predicted molar refractivity (Wildman–Crippen MR) is 100 cm³/mol. The Morgan fingerprint density at radius 1 is 1.24 bits per heavy atom. The van der Waals surface area contributed by atoms with Crippen molar-refractivity contribution in [2.75, 3.05) is 32.1 Å². The van der Waals surface area contributed by atoms with Crippen LogP contribution in [-0.4, -0.2) is 38.1 Å². The minimum absolute atomic E-state index is 0.0792. The molecule has 1 N–H and O–H groups in total. The van der Waals surface area contributed by atoms with Crippen molar-refractivity contribution >= 4 is 32.6 Å². The molecule has 0 aliphatic carbocycles. The van der Waals surface area contributed by atoms with E-state index in [2.05, 4.69) is 4.98 Å². The van der Waals surface area contributed by atoms with Gasteiger partial charge in [0.15, 0.2) is 5.13 Å². The van der Waals surface area contributed by atoms with E-state index in [0.29, 0.717) is 22.8 Å². The normalized spacial score (nSPS) is 11.2. The first-order valence-corrected chi connectivity index (χ1v) is 8.99. The number of anilines is 1. The Labute approximate surface area is 150 Å². The number of likely N-dealkylation sites (N-methyl/N-ethyl adjacent to an activating group) is 1. The molecule has 4 nitrogen and oxygen atoms in total. The molecule has 0 bridgehead atoms. The van der Waals surface area contributed by atoms with E-state index >= 15 is 0 Å². The van der Waals surface area contributed by atoms with Crippen LogP contribution in [0.15, 0.2) is 42.5 Å². The summed E-state index contributed by atoms with van der Waals surface area (Å²) in [7, 11) is 4.09. The second-order valence-electron chi connectivity index (χ2n) is 6.39. The molecule has 0 atom stereocenters. The molecule has 3 aromatic rings. The summed E-state index contributed by atoms with van der Waals surface area (Å²) in [6, 6.07) is 12.0. The Balaban J connectivity index is 1.99. The Morgan fingerprint density at radius 2 is 2.04 bits per heavy atom. The summed E-state index contributed by atoms with van der Waals surface area (Å²) in [5, 5.41) is 0.605. The van der Waals surface area contributed by atoms with Crippen LogP contribution in [0.2, 0.25) is 0 Å². The van der Waals surface area contributed by atoms with Crippen LogP contribution in [0.4, 0.5) is 9.52 Å². The highest BCUT2D eigenvalue weighted by atomic mass is 32.1. The highest BCUT2D eigenvalue weighted by Gasteiger charge is 2.22. The van der Waals surface area contributed by atoms with E-state index in [1.165, 1.54) is 28.4 Å². The molecule has 0 saturated heterocycles. The van der Waals surface area contributed by atoms with Crippen LogP contribution in [-0.2, 0) is 0 Å². The van der Waals surface area contributed by atoms with Crippen LogP contribution in [0, 0.1) is 12.7 Å². The van der Waals surface area contributed by atoms with Gasteiger partial charge >= 0.3 is 0 Å². The number of halogens is 1. The summed E-state index contributed by atoms with van der Waals surface area (Å²) in [5.41, 5.74) is 2.38. The number of aryl methyl sites for hydroxylation is 1. The van der Waals surface area contributed by atoms with E-state index in [0.717, 1.165) is 16.8 Å². The molecule has 0 radical (unpaired) electrons. The third kappa shape index (κ3) is 4.03. The maximum atomic E-state index is 13.5. The lowest BCUT2D eigenvalue weighted by atomic mass is 10.1. The summed E-state index contributed by atoms with van der Waals surface area (Å²) in [4.78, 5) is 20.6. The summed E-state index contributed by atoms with van der Waals surface area (Å²) < 4.78 is 14.2. The molecular weight excluding hydrogens is 337 g/mol. The van der Waals surface area contributed by atoms with Gasteiger partial charge in [0.05, 0.1) is 37.4 Å². The van der Waals surface area contributed by atoms with E-state index in [4.69, 9.17) is 0 Å². The molecule has 0 unspecified atom stereocenters. The highest BCUT2D eigenvalue weighted by Crippen LogP contribution is 2.30. The zero-order valence-electron chi connectivity index (χ0n) is 14.5. The largest absolute Gasteiger partial charge is 0.338 e. The van der Waals surface area contributed by atoms with Crippen LogP contribution < -0.4 is 9.80 Å². The molecule has 6 heteroatoms. The van der Waals surface area contributed by atoms with Crippen molar-refractivity contribution in [1.29, 1.82) is 0 Å². The Bertz CT molecular complexity index is 907. The van der Waals surface area contributed by atoms with Gasteiger partial charge in [0.1, 0.15) is 5.82 Å². The van der Waals surface area contributed by atoms with Crippen molar-refractivity contribution in [3.05, 3.63) is 59.4 Å². The van der Waals surface area contributed by atoms with Gasteiger partial charge in [-0.25, -0.2) is 9.37 Å². The van der Waals surface area contributed by atoms with Crippen LogP contribution in [0.25, 0.3) is 10.2 Å². The fourth-order valence-corrected chi connectivity index (χ4v) is 3.57. The van der Waals surface area contributed by atoms with Crippen molar-refractivity contribution in [3.8, 4) is 0 Å². The van der Waals surface area contributed by atoms with E-state index in [9.17, 15) is 9.18 Å². The summed E-state index contributed by atoms with van der Waals surface area (Å²) in [6.45, 7) is 3.31. The zero-order chi connectivity index (χ0) is 18.0. The number of carbonyl (C=O) groups is 1. The molecular formula is C19H21FN3OS+. The van der Waals surface area contributed by atoms with Gasteiger partial charge in [0.25, 0.3) is 5.91 Å². The third-order valence-electron chi connectivity index (χ3n) is 3.92. The second-order valence-corrected chi connectivity index (χ2v) is 7.40. The van der Waals surface area contributed by atoms with Gasteiger partial charge in [-0.1, -0.05) is 29.0 Å². The molecule has 25 heavy (non-hydrogen) atoms. The van der Waals surface area contributed by atoms with E-state index in [-0.39, 0.29) is 11.7 Å². The lowest BCUT2D eigenvalue weighted by Gasteiger charge is -2.21. The number of carbonyl (C=O) groups excluding carboxylic acids is 1. The molecule has 3 rings (SSSR count). The number of benzene rings is 2. The second kappa shape index (κ2) is 7.29. The Morgan fingerprint density at radius 3 is 2.76 bits per heavy atom. The number of hydrogen-bond acceptors (Lipinski definition) is 3. The lowest BCUT2D eigenvalue weighted by Crippen LogP contribution is -3.06. The topological polar surface area (TPSA) is 37.6 Å². The van der Waals surface area contributed by atoms with E-state index < -0.39 is 0 Å². The number of aromatic nitrogens is 1. The maximum Gasteiger partial charge on any atom is 0.260 e. The van der Waals surface area contributed by atoms with Gasteiger partial charge in [0.2, 0.25) is 0 Å². The first-order valence-electron chi connectivity index (χ1n) is 8.17. The summed E-state index contributed by atoms with van der Waals surface area (Å²) >= 11 is 1.34. The number of thiazole rings is 1. The number of quaternary nitrogens is 1. The minimum Gasteiger partial charge on any atom is -0.338 e. The van der Waals surface area contributed by atoms with Crippen molar-refractivity contribution in [3.63, 3.8) is 0 Å². The fraction of sp³-hybridized carbons (Fsp3) is 0.263. The minimum atomic E-state index is -0.294. The molecule has 0 fully saturated rings. The van der Waals surface area contributed by atoms with Crippen LogP contribution in [0.3, 0.4) is 0 Å². The lowest BCUT2D eigenvalue weighted by molar-refractivity contribution is -0.856. The Hall–Kier alpha value is -2.31. The molecule has 0 spiro atoms. The van der Waals surface area contributed by atoms with E-state index in [1.807, 2.05) is 45.3 Å². The van der Waals surface area contributed by atoms with Gasteiger partial charge in [0, 0.05) is 5.56 Å². The monoisotopic (exact) mass is 358 g/mol. The highest BCUT2D eigenvalue weighted by molar-refractivity contribution is 7.22. The average molecular weight is 358 g/mol. The van der Waals surface area contributed by atoms with Crippen LogP contribution in [0.1, 0.15) is 15.9 Å². The Kier molecular flexibility index (Phi) is 5.11. The van der Waals surface area contributed by atoms with Crippen LogP contribution >= 0.6 is 11.3 Å².